The normalized spacial score (nSPS) is 14.2. The van der Waals surface area contributed by atoms with Crippen LogP contribution in [0.5, 0.6) is 0 Å². The Morgan fingerprint density at radius 1 is 0.354 bits per heavy atom. The second-order valence-corrected chi connectivity index (χ2v) is 22.3. The molecular weight excluding hydrogens is 1050 g/mol. The lowest BCUT2D eigenvalue weighted by atomic mass is 10.1. The summed E-state index contributed by atoms with van der Waals surface area (Å²) in [6, 6.07) is 0. The summed E-state index contributed by atoms with van der Waals surface area (Å²) in [4.78, 5) is 48.8. The molecule has 2 N–H and O–H groups in total. The molecule has 0 aromatic carbocycles. The number of hydrogen-bond acceptors (Lipinski definition) is 10. The predicted molar refractivity (Wildman–Crippen MR) is 343 cm³/mol. The van der Waals surface area contributed by atoms with Crippen LogP contribution in [0.4, 0.5) is 0 Å². The third-order valence-corrected chi connectivity index (χ3v) is 14.0. The average molecular weight is 1160 g/mol. The summed E-state index contributed by atoms with van der Waals surface area (Å²) < 4.78 is 39.6. The summed E-state index contributed by atoms with van der Waals surface area (Å²) in [5.74, 6) is -1.55. The van der Waals surface area contributed by atoms with E-state index in [1.807, 2.05) is 12.2 Å². The van der Waals surface area contributed by atoms with Crippen molar-refractivity contribution in [3.05, 3.63) is 134 Å². The quantitative estimate of drug-likeness (QED) is 0.0197. The van der Waals surface area contributed by atoms with Crippen molar-refractivity contribution < 1.29 is 52.2 Å². The van der Waals surface area contributed by atoms with Crippen LogP contribution in [0.3, 0.4) is 0 Å². The molecule has 0 fully saturated rings. The number of carbonyl (C=O) groups is 3. The molecule has 0 saturated heterocycles. The van der Waals surface area contributed by atoms with Crippen LogP contribution in [0.15, 0.2) is 134 Å². The van der Waals surface area contributed by atoms with Crippen molar-refractivity contribution >= 4 is 25.7 Å². The number of phosphoric ester groups is 1. The SMILES string of the molecule is CC/C=C\C/C=C\C/C=C\C/C=C\C/C=C\CCCC(=O)OC(CO)COP(=O)(O)OCC(COC(=O)CCCCCCCC/C=C\C/C=C\C/C=C\C/C=C\CC)OC(=O)CCCCCCCCCCC/C=C\C/C=C\CCCCC. The average Bonchev–Trinajstić information content (AvgIpc) is 3.49. The van der Waals surface area contributed by atoms with Gasteiger partial charge in [0.2, 0.25) is 0 Å². The second-order valence-electron chi connectivity index (χ2n) is 20.8. The van der Waals surface area contributed by atoms with E-state index in [0.717, 1.165) is 128 Å². The molecule has 0 rings (SSSR count). The molecule has 3 atom stereocenters. The van der Waals surface area contributed by atoms with E-state index < -0.39 is 57.8 Å². The topological polar surface area (TPSA) is 155 Å². The van der Waals surface area contributed by atoms with Crippen molar-refractivity contribution in [2.45, 2.75) is 264 Å². The highest BCUT2D eigenvalue weighted by Crippen LogP contribution is 2.43. The smallest absolute Gasteiger partial charge is 0.462 e. The first-order valence-electron chi connectivity index (χ1n) is 32.1. The Balaban J connectivity index is 4.81. The highest BCUT2D eigenvalue weighted by Gasteiger charge is 2.28. The van der Waals surface area contributed by atoms with Crippen LogP contribution in [-0.2, 0) is 42.2 Å². The number of aliphatic hydroxyl groups excluding tert-OH is 1. The molecule has 82 heavy (non-hydrogen) atoms. The van der Waals surface area contributed by atoms with Crippen LogP contribution in [0, 0.1) is 0 Å². The first-order valence-corrected chi connectivity index (χ1v) is 33.6. The molecule has 3 unspecified atom stereocenters. The summed E-state index contributed by atoms with van der Waals surface area (Å²) in [5, 5.41) is 9.85. The van der Waals surface area contributed by atoms with Crippen molar-refractivity contribution in [3.63, 3.8) is 0 Å². The Kier molecular flexibility index (Phi) is 59.3. The molecule has 0 aliphatic heterocycles. The first kappa shape index (κ1) is 77.6. The largest absolute Gasteiger partial charge is 0.472 e. The monoisotopic (exact) mass is 1160 g/mol. The molecule has 0 amide bonds. The zero-order chi connectivity index (χ0) is 59.8. The van der Waals surface area contributed by atoms with Gasteiger partial charge >= 0.3 is 25.7 Å². The molecule has 0 aliphatic carbocycles. The molecule has 12 heteroatoms. The number of rotatable bonds is 58. The number of hydrogen-bond donors (Lipinski definition) is 2. The van der Waals surface area contributed by atoms with Crippen molar-refractivity contribution in [1.82, 2.24) is 0 Å². The van der Waals surface area contributed by atoms with Crippen LogP contribution in [0.1, 0.15) is 252 Å². The zero-order valence-corrected chi connectivity index (χ0v) is 52.6. The Hall–Kier alpha value is -4.38. The highest BCUT2D eigenvalue weighted by atomic mass is 31.2. The zero-order valence-electron chi connectivity index (χ0n) is 51.7. The van der Waals surface area contributed by atoms with Crippen LogP contribution in [0.2, 0.25) is 0 Å². The lowest BCUT2D eigenvalue weighted by molar-refractivity contribution is -0.161. The van der Waals surface area contributed by atoms with E-state index in [0.29, 0.717) is 25.7 Å². The summed E-state index contributed by atoms with van der Waals surface area (Å²) in [6.45, 7) is 4.32. The van der Waals surface area contributed by atoms with Gasteiger partial charge in [0.05, 0.1) is 19.8 Å². The number of allylic oxidation sites excluding steroid dienone is 22. The van der Waals surface area contributed by atoms with E-state index in [9.17, 15) is 28.9 Å². The van der Waals surface area contributed by atoms with Gasteiger partial charge in [-0.05, 0) is 128 Å². The summed E-state index contributed by atoms with van der Waals surface area (Å²) in [6.07, 6.45) is 79.7. The number of carbonyl (C=O) groups excluding carboxylic acids is 3. The Morgan fingerprint density at radius 2 is 0.646 bits per heavy atom. The van der Waals surface area contributed by atoms with Crippen molar-refractivity contribution in [2.24, 2.45) is 0 Å². The summed E-state index contributed by atoms with van der Waals surface area (Å²) in [7, 11) is -4.78. The maximum atomic E-state index is 13.0. The van der Waals surface area contributed by atoms with E-state index in [-0.39, 0.29) is 25.9 Å². The number of ether oxygens (including phenoxy) is 3. The van der Waals surface area contributed by atoms with Gasteiger partial charge < -0.3 is 24.2 Å². The van der Waals surface area contributed by atoms with Crippen LogP contribution in [-0.4, -0.2) is 66.5 Å². The molecule has 11 nitrogen and oxygen atoms in total. The van der Waals surface area contributed by atoms with Crippen LogP contribution < -0.4 is 0 Å². The molecule has 0 aromatic rings. The van der Waals surface area contributed by atoms with E-state index >= 15 is 0 Å². The van der Waals surface area contributed by atoms with Crippen molar-refractivity contribution in [2.75, 3.05) is 26.4 Å². The van der Waals surface area contributed by atoms with Gasteiger partial charge in [-0.15, -0.1) is 0 Å². The Morgan fingerprint density at radius 3 is 1.02 bits per heavy atom. The second kappa shape index (κ2) is 62.7. The Bertz CT molecular complexity index is 1890. The van der Waals surface area contributed by atoms with Crippen molar-refractivity contribution in [1.29, 1.82) is 0 Å². The lowest BCUT2D eigenvalue weighted by Gasteiger charge is -2.21. The molecule has 0 radical (unpaired) electrons. The van der Waals surface area contributed by atoms with Gasteiger partial charge in [0.25, 0.3) is 0 Å². The summed E-state index contributed by atoms with van der Waals surface area (Å²) in [5.41, 5.74) is 0. The van der Waals surface area contributed by atoms with Gasteiger partial charge in [0.15, 0.2) is 6.10 Å². The van der Waals surface area contributed by atoms with E-state index in [1.165, 1.54) is 57.8 Å². The minimum absolute atomic E-state index is 0.0914. The third kappa shape index (κ3) is 60.2. The Labute approximate surface area is 500 Å². The fourth-order valence-corrected chi connectivity index (χ4v) is 9.02. The summed E-state index contributed by atoms with van der Waals surface area (Å²) >= 11 is 0. The standard InChI is InChI=1S/C70H115O11P/c1-4-7-10-13-16-19-22-25-28-31-33-36-38-41-44-47-50-53-56-59-68(72)77-63-67(81-70(74)61-58-55-52-49-46-43-40-37-34-32-29-26-23-20-17-14-11-8-5-2)65-79-82(75,76)78-64-66(62-71)80-69(73)60-57-54-51-48-45-42-39-35-30-27-24-21-18-15-12-9-6-3/h7,9-10,12,16-21,25-30,33,36,39,42,48,51,66-67,71H,4-6,8,11,13-15,22-24,31-32,34-35,37-38,40-41,43-47,49-50,52-65H2,1-3H3,(H,75,76)/b10-7-,12-9-,19-16-,20-17-,21-18-,28-25-,29-26-,30-27-,36-33-,42-39-,51-48-. The van der Waals surface area contributed by atoms with Gasteiger partial charge in [0, 0.05) is 19.3 Å². The van der Waals surface area contributed by atoms with E-state index in [1.54, 1.807) is 0 Å². The number of esters is 3. The molecular formula is C70H115O11P. The maximum absolute atomic E-state index is 13.0. The number of phosphoric acid groups is 1. The lowest BCUT2D eigenvalue weighted by Crippen LogP contribution is -2.30. The number of unbranched alkanes of at least 4 members (excludes halogenated alkanes) is 19. The van der Waals surface area contributed by atoms with Gasteiger partial charge in [0.1, 0.15) is 12.7 Å². The molecule has 466 valence electrons. The third-order valence-electron chi connectivity index (χ3n) is 13.0. The van der Waals surface area contributed by atoms with Crippen LogP contribution in [0.25, 0.3) is 0 Å². The molecule has 0 aliphatic rings. The van der Waals surface area contributed by atoms with E-state index in [4.69, 9.17) is 23.3 Å². The van der Waals surface area contributed by atoms with Gasteiger partial charge in [-0.2, -0.15) is 0 Å². The molecule has 0 spiro atoms. The predicted octanol–water partition coefficient (Wildman–Crippen LogP) is 19.7. The molecule has 0 aromatic heterocycles. The van der Waals surface area contributed by atoms with Crippen LogP contribution >= 0.6 is 7.82 Å². The molecule has 0 heterocycles. The fourth-order valence-electron chi connectivity index (χ4n) is 8.24. The highest BCUT2D eigenvalue weighted by molar-refractivity contribution is 7.47. The van der Waals surface area contributed by atoms with E-state index in [2.05, 4.69) is 142 Å². The number of aliphatic hydroxyl groups is 1. The van der Waals surface area contributed by atoms with Gasteiger partial charge in [-0.25, -0.2) is 4.57 Å². The fraction of sp³-hybridized carbons (Fsp3) is 0.643. The van der Waals surface area contributed by atoms with Gasteiger partial charge in [-0.1, -0.05) is 238 Å². The minimum atomic E-state index is -4.78. The minimum Gasteiger partial charge on any atom is -0.462 e. The molecule has 0 bridgehead atoms. The molecule has 0 saturated carbocycles. The first-order chi connectivity index (χ1) is 40.2. The van der Waals surface area contributed by atoms with Gasteiger partial charge in [-0.3, -0.25) is 23.4 Å². The maximum Gasteiger partial charge on any atom is 0.472 e. The van der Waals surface area contributed by atoms with Crippen molar-refractivity contribution in [3.8, 4) is 0 Å².